The Balaban J connectivity index is 1.51. The fourth-order valence-electron chi connectivity index (χ4n) is 3.64. The Labute approximate surface area is 141 Å². The standard InChI is InChI=1S/C18H21N3O3/c22-17(15-4-3-10-24-15)21-9-11-23-14-18(13-21)6-8-20(12-18)16-5-1-2-7-19-16/h1-5,7,10H,6,8-9,11-14H2/t18-/m0/s1. The van der Waals surface area contributed by atoms with Crippen molar-refractivity contribution in [2.75, 3.05) is 44.3 Å². The van der Waals surface area contributed by atoms with E-state index in [0.29, 0.717) is 32.1 Å². The Morgan fingerprint density at radius 2 is 2.12 bits per heavy atom. The maximum Gasteiger partial charge on any atom is 0.289 e. The van der Waals surface area contributed by atoms with Crippen LogP contribution in [-0.2, 0) is 4.74 Å². The zero-order valence-electron chi connectivity index (χ0n) is 13.6. The molecule has 0 bridgehead atoms. The highest BCUT2D eigenvalue weighted by Crippen LogP contribution is 2.35. The summed E-state index contributed by atoms with van der Waals surface area (Å²) >= 11 is 0. The van der Waals surface area contributed by atoms with Crippen molar-refractivity contribution < 1.29 is 13.9 Å². The molecule has 2 fully saturated rings. The molecule has 2 aliphatic rings. The van der Waals surface area contributed by atoms with E-state index in [2.05, 4.69) is 9.88 Å². The van der Waals surface area contributed by atoms with Crippen LogP contribution in [0.25, 0.3) is 0 Å². The second kappa shape index (κ2) is 6.28. The zero-order valence-corrected chi connectivity index (χ0v) is 13.6. The predicted octanol–water partition coefficient (Wildman–Crippen LogP) is 2.04. The lowest BCUT2D eigenvalue weighted by atomic mass is 9.87. The van der Waals surface area contributed by atoms with E-state index < -0.39 is 0 Å². The molecule has 0 aromatic carbocycles. The summed E-state index contributed by atoms with van der Waals surface area (Å²) in [6, 6.07) is 9.42. The molecule has 0 radical (unpaired) electrons. The molecular weight excluding hydrogens is 306 g/mol. The molecule has 6 heteroatoms. The first-order chi connectivity index (χ1) is 11.8. The van der Waals surface area contributed by atoms with E-state index in [4.69, 9.17) is 9.15 Å². The molecule has 126 valence electrons. The van der Waals surface area contributed by atoms with E-state index in [-0.39, 0.29) is 11.3 Å². The van der Waals surface area contributed by atoms with Crippen molar-refractivity contribution in [1.82, 2.24) is 9.88 Å². The maximum atomic E-state index is 12.7. The maximum absolute atomic E-state index is 12.7. The number of hydrogen-bond donors (Lipinski definition) is 0. The van der Waals surface area contributed by atoms with Gasteiger partial charge in [-0.25, -0.2) is 4.98 Å². The number of aromatic nitrogens is 1. The lowest BCUT2D eigenvalue weighted by molar-refractivity contribution is 0.0663. The van der Waals surface area contributed by atoms with Crippen LogP contribution in [0.4, 0.5) is 5.82 Å². The molecule has 2 saturated heterocycles. The van der Waals surface area contributed by atoms with Crippen LogP contribution in [0, 0.1) is 5.41 Å². The van der Waals surface area contributed by atoms with Crippen molar-refractivity contribution >= 4 is 11.7 Å². The SMILES string of the molecule is O=C(c1ccco1)N1CCOC[C@]2(CCN(c3ccccn3)C2)C1. The molecule has 4 rings (SSSR count). The number of carbonyl (C=O) groups excluding carboxylic acids is 1. The molecule has 0 unspecified atom stereocenters. The molecular formula is C18H21N3O3. The Kier molecular flexibility index (Phi) is 3.98. The third kappa shape index (κ3) is 2.89. The van der Waals surface area contributed by atoms with E-state index in [1.807, 2.05) is 29.3 Å². The minimum Gasteiger partial charge on any atom is -0.459 e. The molecule has 6 nitrogen and oxygen atoms in total. The summed E-state index contributed by atoms with van der Waals surface area (Å²) in [4.78, 5) is 21.3. The Bertz CT molecular complexity index is 689. The summed E-state index contributed by atoms with van der Waals surface area (Å²) < 4.78 is 11.1. The van der Waals surface area contributed by atoms with E-state index >= 15 is 0 Å². The normalized spacial score (nSPS) is 24.3. The van der Waals surface area contributed by atoms with Crippen molar-refractivity contribution in [2.45, 2.75) is 6.42 Å². The molecule has 0 saturated carbocycles. The Hall–Kier alpha value is -2.34. The van der Waals surface area contributed by atoms with E-state index in [1.54, 1.807) is 12.1 Å². The minimum atomic E-state index is -0.0545. The first-order valence-electron chi connectivity index (χ1n) is 8.32. The van der Waals surface area contributed by atoms with E-state index in [1.165, 1.54) is 6.26 Å². The molecule has 1 atom stereocenters. The van der Waals surface area contributed by atoms with Crippen LogP contribution in [0.3, 0.4) is 0 Å². The number of hydrogen-bond acceptors (Lipinski definition) is 5. The summed E-state index contributed by atoms with van der Waals surface area (Å²) in [5, 5.41) is 0. The van der Waals surface area contributed by atoms with Crippen LogP contribution in [0.1, 0.15) is 17.0 Å². The molecule has 4 heterocycles. The van der Waals surface area contributed by atoms with Crippen LogP contribution in [0.5, 0.6) is 0 Å². The molecule has 1 amide bonds. The monoisotopic (exact) mass is 327 g/mol. The van der Waals surface area contributed by atoms with Crippen LogP contribution < -0.4 is 4.90 Å². The second-order valence-corrected chi connectivity index (χ2v) is 6.62. The molecule has 0 N–H and O–H groups in total. The second-order valence-electron chi connectivity index (χ2n) is 6.62. The highest BCUT2D eigenvalue weighted by molar-refractivity contribution is 5.91. The van der Waals surface area contributed by atoms with Gasteiger partial charge in [-0.3, -0.25) is 4.79 Å². The van der Waals surface area contributed by atoms with Crippen molar-refractivity contribution in [2.24, 2.45) is 5.41 Å². The number of pyridine rings is 1. The average Bonchev–Trinajstić information content (AvgIpc) is 3.24. The topological polar surface area (TPSA) is 58.8 Å². The highest BCUT2D eigenvalue weighted by atomic mass is 16.5. The smallest absolute Gasteiger partial charge is 0.289 e. The average molecular weight is 327 g/mol. The number of ether oxygens (including phenoxy) is 1. The van der Waals surface area contributed by atoms with Gasteiger partial charge in [0.1, 0.15) is 5.82 Å². The van der Waals surface area contributed by atoms with Gasteiger partial charge < -0.3 is 19.0 Å². The zero-order chi connectivity index (χ0) is 16.4. The van der Waals surface area contributed by atoms with Gasteiger partial charge in [0, 0.05) is 37.8 Å². The number of furan rings is 1. The molecule has 0 aliphatic carbocycles. The number of rotatable bonds is 2. The first kappa shape index (κ1) is 15.2. The summed E-state index contributed by atoms with van der Waals surface area (Å²) in [5.41, 5.74) is -0.0454. The van der Waals surface area contributed by atoms with Crippen molar-refractivity contribution in [3.05, 3.63) is 48.6 Å². The summed E-state index contributed by atoms with van der Waals surface area (Å²) in [6.45, 7) is 4.33. The fraction of sp³-hybridized carbons (Fsp3) is 0.444. The lowest BCUT2D eigenvalue weighted by Crippen LogP contribution is -2.43. The van der Waals surface area contributed by atoms with Gasteiger partial charge in [-0.05, 0) is 30.7 Å². The van der Waals surface area contributed by atoms with Crippen molar-refractivity contribution in [3.8, 4) is 0 Å². The highest BCUT2D eigenvalue weighted by Gasteiger charge is 2.42. The van der Waals surface area contributed by atoms with Gasteiger partial charge in [0.15, 0.2) is 5.76 Å². The fourth-order valence-corrected chi connectivity index (χ4v) is 3.64. The summed E-state index contributed by atoms with van der Waals surface area (Å²) in [5.74, 6) is 1.33. The molecule has 2 aliphatic heterocycles. The summed E-state index contributed by atoms with van der Waals surface area (Å²) in [7, 11) is 0. The number of nitrogens with zero attached hydrogens (tertiary/aromatic N) is 3. The van der Waals surface area contributed by atoms with Crippen LogP contribution in [-0.4, -0.2) is 55.2 Å². The largest absolute Gasteiger partial charge is 0.459 e. The summed E-state index contributed by atoms with van der Waals surface area (Å²) in [6.07, 6.45) is 4.35. The van der Waals surface area contributed by atoms with Gasteiger partial charge in [-0.15, -0.1) is 0 Å². The number of amides is 1. The first-order valence-corrected chi connectivity index (χ1v) is 8.32. The van der Waals surface area contributed by atoms with Crippen LogP contribution in [0.15, 0.2) is 47.2 Å². The molecule has 2 aromatic heterocycles. The van der Waals surface area contributed by atoms with Gasteiger partial charge >= 0.3 is 0 Å². The van der Waals surface area contributed by atoms with Crippen molar-refractivity contribution in [1.29, 1.82) is 0 Å². The molecule has 24 heavy (non-hydrogen) atoms. The third-order valence-electron chi connectivity index (χ3n) is 4.87. The molecule has 2 aromatic rings. The minimum absolute atomic E-state index is 0.0454. The van der Waals surface area contributed by atoms with Gasteiger partial charge in [0.25, 0.3) is 5.91 Å². The van der Waals surface area contributed by atoms with Gasteiger partial charge in [0.2, 0.25) is 0 Å². The lowest BCUT2D eigenvalue weighted by Gasteiger charge is -2.31. The van der Waals surface area contributed by atoms with Crippen molar-refractivity contribution in [3.63, 3.8) is 0 Å². The number of carbonyl (C=O) groups is 1. The quantitative estimate of drug-likeness (QED) is 0.845. The van der Waals surface area contributed by atoms with Gasteiger partial charge in [0.05, 0.1) is 19.5 Å². The van der Waals surface area contributed by atoms with E-state index in [9.17, 15) is 4.79 Å². The Morgan fingerprint density at radius 3 is 2.92 bits per heavy atom. The number of anilines is 1. The predicted molar refractivity (Wildman–Crippen MR) is 88.9 cm³/mol. The molecule has 1 spiro atoms. The Morgan fingerprint density at radius 1 is 1.17 bits per heavy atom. The van der Waals surface area contributed by atoms with E-state index in [0.717, 1.165) is 25.3 Å². The van der Waals surface area contributed by atoms with Crippen LogP contribution >= 0.6 is 0 Å². The third-order valence-corrected chi connectivity index (χ3v) is 4.87. The van der Waals surface area contributed by atoms with Crippen LogP contribution in [0.2, 0.25) is 0 Å². The van der Waals surface area contributed by atoms with Gasteiger partial charge in [-0.2, -0.15) is 0 Å². The van der Waals surface area contributed by atoms with Gasteiger partial charge in [-0.1, -0.05) is 6.07 Å².